The SMILES string of the molecule is CSCCCNC(=S)NNc1ccccc1. The van der Waals surface area contributed by atoms with E-state index in [1.54, 1.807) is 0 Å². The van der Waals surface area contributed by atoms with E-state index >= 15 is 0 Å². The van der Waals surface area contributed by atoms with Gasteiger partial charge >= 0.3 is 0 Å². The van der Waals surface area contributed by atoms with Crippen LogP contribution in [-0.4, -0.2) is 23.7 Å². The molecular formula is C11H17N3S2. The first-order chi connectivity index (χ1) is 7.83. The van der Waals surface area contributed by atoms with Gasteiger partial charge in [0.05, 0.1) is 5.69 Å². The van der Waals surface area contributed by atoms with Crippen molar-refractivity contribution in [2.24, 2.45) is 0 Å². The third kappa shape index (κ3) is 5.82. The van der Waals surface area contributed by atoms with Gasteiger partial charge in [-0.2, -0.15) is 11.8 Å². The summed E-state index contributed by atoms with van der Waals surface area (Å²) in [6, 6.07) is 9.87. The van der Waals surface area contributed by atoms with Crippen molar-refractivity contribution < 1.29 is 0 Å². The molecule has 0 aliphatic rings. The molecule has 0 heterocycles. The first-order valence-electron chi connectivity index (χ1n) is 5.17. The van der Waals surface area contributed by atoms with E-state index in [1.165, 1.54) is 0 Å². The molecule has 1 rings (SSSR count). The van der Waals surface area contributed by atoms with Gasteiger partial charge in [-0.05, 0) is 42.8 Å². The predicted octanol–water partition coefficient (Wildman–Crippen LogP) is 2.23. The summed E-state index contributed by atoms with van der Waals surface area (Å²) in [6.07, 6.45) is 3.22. The molecule has 16 heavy (non-hydrogen) atoms. The minimum absolute atomic E-state index is 0.630. The Bertz CT molecular complexity index is 303. The van der Waals surface area contributed by atoms with Crippen molar-refractivity contribution in [1.29, 1.82) is 0 Å². The van der Waals surface area contributed by atoms with E-state index in [4.69, 9.17) is 12.2 Å². The Labute approximate surface area is 106 Å². The molecule has 0 saturated carbocycles. The molecular weight excluding hydrogens is 238 g/mol. The van der Waals surface area contributed by atoms with Gasteiger partial charge in [-0.15, -0.1) is 0 Å². The number of benzene rings is 1. The van der Waals surface area contributed by atoms with Gasteiger partial charge in [0.15, 0.2) is 5.11 Å². The number of anilines is 1. The van der Waals surface area contributed by atoms with Crippen molar-refractivity contribution in [2.75, 3.05) is 24.0 Å². The van der Waals surface area contributed by atoms with E-state index in [0.29, 0.717) is 5.11 Å². The summed E-state index contributed by atoms with van der Waals surface area (Å²) in [5.41, 5.74) is 6.96. The maximum absolute atomic E-state index is 5.11. The lowest BCUT2D eigenvalue weighted by Crippen LogP contribution is -2.39. The van der Waals surface area contributed by atoms with Crippen LogP contribution >= 0.6 is 24.0 Å². The van der Waals surface area contributed by atoms with Crippen molar-refractivity contribution in [3.05, 3.63) is 30.3 Å². The molecule has 1 aromatic rings. The molecule has 88 valence electrons. The minimum Gasteiger partial charge on any atom is -0.361 e. The van der Waals surface area contributed by atoms with Gasteiger partial charge < -0.3 is 5.32 Å². The Hall–Kier alpha value is -0.940. The molecule has 0 aromatic heterocycles. The lowest BCUT2D eigenvalue weighted by atomic mass is 10.3. The van der Waals surface area contributed by atoms with Crippen LogP contribution in [0.1, 0.15) is 6.42 Å². The van der Waals surface area contributed by atoms with E-state index < -0.39 is 0 Å². The molecule has 0 aliphatic carbocycles. The molecule has 0 radical (unpaired) electrons. The van der Waals surface area contributed by atoms with Crippen molar-refractivity contribution >= 4 is 34.8 Å². The first kappa shape index (κ1) is 13.1. The van der Waals surface area contributed by atoms with Crippen molar-refractivity contribution in [1.82, 2.24) is 10.7 Å². The van der Waals surface area contributed by atoms with E-state index in [-0.39, 0.29) is 0 Å². The highest BCUT2D eigenvalue weighted by molar-refractivity contribution is 7.98. The van der Waals surface area contributed by atoms with Crippen LogP contribution in [0.15, 0.2) is 30.3 Å². The number of nitrogens with one attached hydrogen (secondary N) is 3. The molecule has 0 amide bonds. The Morgan fingerprint density at radius 3 is 2.75 bits per heavy atom. The number of para-hydroxylation sites is 1. The van der Waals surface area contributed by atoms with Crippen LogP contribution < -0.4 is 16.2 Å². The number of hydrazine groups is 1. The summed E-state index contributed by atoms with van der Waals surface area (Å²) < 4.78 is 0. The van der Waals surface area contributed by atoms with Gasteiger partial charge in [-0.1, -0.05) is 18.2 Å². The van der Waals surface area contributed by atoms with E-state index in [2.05, 4.69) is 22.4 Å². The molecule has 0 bridgehead atoms. The van der Waals surface area contributed by atoms with Crippen molar-refractivity contribution in [2.45, 2.75) is 6.42 Å². The Kier molecular flexibility index (Phi) is 6.76. The molecule has 5 heteroatoms. The predicted molar refractivity (Wildman–Crippen MR) is 76.8 cm³/mol. The van der Waals surface area contributed by atoms with E-state index in [9.17, 15) is 0 Å². The van der Waals surface area contributed by atoms with Gasteiger partial charge in [-0.3, -0.25) is 10.9 Å². The molecule has 0 aliphatic heterocycles. The fraction of sp³-hybridized carbons (Fsp3) is 0.364. The second-order valence-electron chi connectivity index (χ2n) is 3.22. The average molecular weight is 255 g/mol. The van der Waals surface area contributed by atoms with Crippen molar-refractivity contribution in [3.63, 3.8) is 0 Å². The largest absolute Gasteiger partial charge is 0.361 e. The molecule has 3 N–H and O–H groups in total. The highest BCUT2D eigenvalue weighted by Crippen LogP contribution is 2.02. The second kappa shape index (κ2) is 8.24. The molecule has 0 spiro atoms. The average Bonchev–Trinajstić information content (AvgIpc) is 2.33. The van der Waals surface area contributed by atoms with Crippen LogP contribution in [0.3, 0.4) is 0 Å². The number of thiocarbonyl (C=S) groups is 1. The van der Waals surface area contributed by atoms with E-state index in [1.807, 2.05) is 42.1 Å². The van der Waals surface area contributed by atoms with Gasteiger partial charge in [0.2, 0.25) is 0 Å². The molecule has 0 fully saturated rings. The van der Waals surface area contributed by atoms with Crippen LogP contribution in [0.2, 0.25) is 0 Å². The number of hydrogen-bond acceptors (Lipinski definition) is 3. The quantitative estimate of drug-likeness (QED) is 0.413. The Morgan fingerprint density at radius 1 is 1.31 bits per heavy atom. The molecule has 0 unspecified atom stereocenters. The minimum atomic E-state index is 0.630. The van der Waals surface area contributed by atoms with Gasteiger partial charge in [-0.25, -0.2) is 0 Å². The second-order valence-corrected chi connectivity index (χ2v) is 4.61. The van der Waals surface area contributed by atoms with E-state index in [0.717, 1.165) is 24.4 Å². The third-order valence-electron chi connectivity index (χ3n) is 1.90. The number of hydrogen-bond donors (Lipinski definition) is 3. The highest BCUT2D eigenvalue weighted by atomic mass is 32.2. The normalized spacial score (nSPS) is 9.56. The van der Waals surface area contributed by atoms with Gasteiger partial charge in [0.1, 0.15) is 0 Å². The summed E-state index contributed by atoms with van der Waals surface area (Å²) in [5.74, 6) is 1.15. The Balaban J connectivity index is 2.11. The molecule has 0 saturated heterocycles. The van der Waals surface area contributed by atoms with Gasteiger partial charge in [0, 0.05) is 6.54 Å². The summed E-state index contributed by atoms with van der Waals surface area (Å²) in [7, 11) is 0. The van der Waals surface area contributed by atoms with Crippen LogP contribution in [0, 0.1) is 0 Å². The van der Waals surface area contributed by atoms with Crippen LogP contribution in [0.5, 0.6) is 0 Å². The summed E-state index contributed by atoms with van der Waals surface area (Å²) >= 11 is 6.96. The zero-order valence-electron chi connectivity index (χ0n) is 9.32. The fourth-order valence-electron chi connectivity index (χ4n) is 1.11. The first-order valence-corrected chi connectivity index (χ1v) is 6.97. The molecule has 3 nitrogen and oxygen atoms in total. The summed E-state index contributed by atoms with van der Waals surface area (Å²) in [5, 5.41) is 3.76. The van der Waals surface area contributed by atoms with Crippen LogP contribution in [0.25, 0.3) is 0 Å². The standard InChI is InChI=1S/C11H17N3S2/c1-16-9-5-8-12-11(15)14-13-10-6-3-2-4-7-10/h2-4,6-7,13H,5,8-9H2,1H3,(H2,12,14,15). The smallest absolute Gasteiger partial charge is 0.185 e. The topological polar surface area (TPSA) is 36.1 Å². The van der Waals surface area contributed by atoms with Gasteiger partial charge in [0.25, 0.3) is 0 Å². The number of rotatable bonds is 6. The van der Waals surface area contributed by atoms with Crippen molar-refractivity contribution in [3.8, 4) is 0 Å². The highest BCUT2D eigenvalue weighted by Gasteiger charge is 1.93. The zero-order chi connectivity index (χ0) is 11.6. The lowest BCUT2D eigenvalue weighted by Gasteiger charge is -2.11. The summed E-state index contributed by atoms with van der Waals surface area (Å²) in [4.78, 5) is 0. The Morgan fingerprint density at radius 2 is 2.06 bits per heavy atom. The molecule has 0 atom stereocenters. The number of thioether (sulfide) groups is 1. The lowest BCUT2D eigenvalue weighted by molar-refractivity contribution is 0.833. The third-order valence-corrected chi connectivity index (χ3v) is 2.85. The maximum atomic E-state index is 5.11. The molecule has 1 aromatic carbocycles. The summed E-state index contributed by atoms with van der Waals surface area (Å²) in [6.45, 7) is 0.906. The zero-order valence-corrected chi connectivity index (χ0v) is 11.0. The fourth-order valence-corrected chi connectivity index (χ4v) is 1.70. The monoisotopic (exact) mass is 255 g/mol. The van der Waals surface area contributed by atoms with Crippen LogP contribution in [0.4, 0.5) is 5.69 Å². The van der Waals surface area contributed by atoms with Crippen LogP contribution in [-0.2, 0) is 0 Å². The maximum Gasteiger partial charge on any atom is 0.185 e.